The van der Waals surface area contributed by atoms with E-state index in [1.165, 1.54) is 21.5 Å². The molecule has 248 valence electrons. The molecular formula is C47H34N3OSi-. The van der Waals surface area contributed by atoms with Crippen LogP contribution in [0.3, 0.4) is 0 Å². The minimum atomic E-state index is -2.37. The molecule has 52 heavy (non-hydrogen) atoms. The van der Waals surface area contributed by atoms with Gasteiger partial charge in [0.05, 0.1) is 0 Å². The van der Waals surface area contributed by atoms with E-state index in [2.05, 4.69) is 134 Å². The molecule has 0 atom stereocenters. The van der Waals surface area contributed by atoms with E-state index in [-0.39, 0.29) is 0 Å². The van der Waals surface area contributed by atoms with Crippen LogP contribution in [-0.4, -0.2) is 23.0 Å². The van der Waals surface area contributed by atoms with Gasteiger partial charge in [-0.05, 0) is 0 Å². The number of aromatic nitrogens is 3. The fourth-order valence-electron chi connectivity index (χ4n) is 8.36. The van der Waals surface area contributed by atoms with Gasteiger partial charge < -0.3 is 0 Å². The summed E-state index contributed by atoms with van der Waals surface area (Å²) in [6.45, 7) is 4.96. The molecule has 0 aliphatic carbocycles. The van der Waals surface area contributed by atoms with Crippen molar-refractivity contribution < 1.29 is 4.42 Å². The van der Waals surface area contributed by atoms with E-state index in [9.17, 15) is 0 Å². The molecule has 0 spiro atoms. The molecule has 0 fully saturated rings. The van der Waals surface area contributed by atoms with Crippen molar-refractivity contribution >= 4 is 40.4 Å². The van der Waals surface area contributed by atoms with E-state index in [1.54, 1.807) is 0 Å². The first-order valence-electron chi connectivity index (χ1n) is 17.9. The predicted octanol–water partition coefficient (Wildman–Crippen LogP) is 10.6. The van der Waals surface area contributed by atoms with Crippen molar-refractivity contribution in [1.82, 2.24) is 15.0 Å². The Labute approximate surface area is 303 Å². The van der Waals surface area contributed by atoms with Gasteiger partial charge in [-0.3, -0.25) is 0 Å². The molecule has 0 bridgehead atoms. The molecular weight excluding hydrogens is 651 g/mol. The third-order valence-corrected chi connectivity index (χ3v) is 14.9. The van der Waals surface area contributed by atoms with Crippen molar-refractivity contribution in [2.24, 2.45) is 0 Å². The second-order valence-electron chi connectivity index (χ2n) is 14.3. The van der Waals surface area contributed by atoms with Crippen molar-refractivity contribution in [2.45, 2.75) is 13.1 Å². The fourth-order valence-corrected chi connectivity index (χ4v) is 11.9. The third-order valence-electron chi connectivity index (χ3n) is 10.8. The van der Waals surface area contributed by atoms with E-state index in [1.807, 2.05) is 42.5 Å². The summed E-state index contributed by atoms with van der Waals surface area (Å²) in [5.41, 5.74) is 11.6. The molecule has 0 saturated heterocycles. The van der Waals surface area contributed by atoms with Gasteiger partial charge in [-0.15, -0.1) is 0 Å². The molecule has 10 rings (SSSR count). The maximum absolute atomic E-state index is 6.54. The first-order valence-corrected chi connectivity index (χ1v) is 21.4. The Morgan fingerprint density at radius 2 is 0.885 bits per heavy atom. The maximum atomic E-state index is 6.54. The quantitative estimate of drug-likeness (QED) is 0.169. The van der Waals surface area contributed by atoms with Crippen LogP contribution >= 0.6 is 0 Å². The van der Waals surface area contributed by atoms with Gasteiger partial charge in [0, 0.05) is 0 Å². The van der Waals surface area contributed by atoms with Crippen molar-refractivity contribution in [3.63, 3.8) is 0 Å². The summed E-state index contributed by atoms with van der Waals surface area (Å²) in [6, 6.07) is 57.5. The summed E-state index contributed by atoms with van der Waals surface area (Å²) >= 11 is 0. The van der Waals surface area contributed by atoms with E-state index in [0.717, 1.165) is 60.9 Å². The van der Waals surface area contributed by atoms with E-state index in [4.69, 9.17) is 19.4 Å². The second-order valence-corrected chi connectivity index (χ2v) is 19.3. The van der Waals surface area contributed by atoms with Crippen molar-refractivity contribution in [2.75, 3.05) is 0 Å². The summed E-state index contributed by atoms with van der Waals surface area (Å²) in [5.74, 6) is 1.91. The average Bonchev–Trinajstić information content (AvgIpc) is 3.71. The number of hydrogen-bond acceptors (Lipinski definition) is 4. The Morgan fingerprint density at radius 3 is 1.58 bits per heavy atom. The number of fused-ring (bicyclic) bond motifs is 6. The summed E-state index contributed by atoms with van der Waals surface area (Å²) < 4.78 is 6.54. The normalized spacial score (nSPS) is 13.6. The Kier molecular flexibility index (Phi) is 6.91. The van der Waals surface area contributed by atoms with Crippen molar-refractivity contribution in [3.05, 3.63) is 164 Å². The molecule has 0 radical (unpaired) electrons. The summed E-state index contributed by atoms with van der Waals surface area (Å²) in [5, 5.41) is 4.95. The molecule has 0 saturated carbocycles. The predicted molar refractivity (Wildman–Crippen MR) is 218 cm³/mol. The van der Waals surface area contributed by atoms with Crippen LogP contribution in [0, 0.1) is 0 Å². The van der Waals surface area contributed by atoms with Gasteiger partial charge >= 0.3 is 286 Å². The Morgan fingerprint density at radius 1 is 0.365 bits per heavy atom. The van der Waals surface area contributed by atoms with Gasteiger partial charge in [-0.2, -0.15) is 0 Å². The average molecular weight is 685 g/mol. The Hall–Kier alpha value is -6.43. The third kappa shape index (κ3) is 4.70. The van der Waals surface area contributed by atoms with E-state index >= 15 is 0 Å². The van der Waals surface area contributed by atoms with Crippen LogP contribution in [0.1, 0.15) is 0 Å². The zero-order valence-corrected chi connectivity index (χ0v) is 30.1. The second kappa shape index (κ2) is 11.8. The van der Waals surface area contributed by atoms with Gasteiger partial charge in [0.1, 0.15) is 0 Å². The van der Waals surface area contributed by atoms with Crippen LogP contribution in [0.2, 0.25) is 13.1 Å². The van der Waals surface area contributed by atoms with Gasteiger partial charge in [0.15, 0.2) is 0 Å². The zero-order valence-electron chi connectivity index (χ0n) is 28.9. The summed E-state index contributed by atoms with van der Waals surface area (Å²) in [6.07, 6.45) is 0. The molecule has 3 heterocycles. The molecule has 5 heteroatoms. The molecule has 0 N–H and O–H groups in total. The molecule has 1 aliphatic rings. The Balaban J connectivity index is 1.32. The van der Waals surface area contributed by atoms with Crippen LogP contribution in [0.5, 0.6) is 0 Å². The fraction of sp³-hybridized carbons (Fsp3) is 0.0426. The van der Waals surface area contributed by atoms with E-state index in [0.29, 0.717) is 17.5 Å². The number of rotatable bonds is 5. The molecule has 7 aromatic carbocycles. The number of hydrogen-bond donors (Lipinski definition) is 0. The number of benzene rings is 7. The topological polar surface area (TPSA) is 51.8 Å². The van der Waals surface area contributed by atoms with Crippen LogP contribution in [0.4, 0.5) is 0 Å². The number of nitrogens with zero attached hydrogens (tertiary/aromatic N) is 3. The Bertz CT molecular complexity index is 2810. The summed E-state index contributed by atoms with van der Waals surface area (Å²) in [4.78, 5) is 16.1. The molecule has 4 nitrogen and oxygen atoms in total. The van der Waals surface area contributed by atoms with Gasteiger partial charge in [-0.1, -0.05) is 18.2 Å². The van der Waals surface area contributed by atoms with Crippen LogP contribution in [0.25, 0.3) is 89.5 Å². The van der Waals surface area contributed by atoms with Gasteiger partial charge in [0.25, 0.3) is 0 Å². The van der Waals surface area contributed by atoms with Gasteiger partial charge in [0.2, 0.25) is 0 Å². The molecule has 2 aromatic heterocycles. The first kappa shape index (κ1) is 30.4. The molecule has 0 amide bonds. The monoisotopic (exact) mass is 684 g/mol. The molecule has 9 aromatic rings. The van der Waals surface area contributed by atoms with E-state index < -0.39 is 8.07 Å². The number of furan rings is 1. The first-order chi connectivity index (χ1) is 25.6. The van der Waals surface area contributed by atoms with Crippen LogP contribution in [-0.2, 0) is 0 Å². The van der Waals surface area contributed by atoms with Crippen molar-refractivity contribution in [1.29, 1.82) is 0 Å². The molecule has 1 aliphatic heterocycles. The van der Waals surface area contributed by atoms with Crippen molar-refractivity contribution in [3.8, 4) is 67.5 Å². The van der Waals surface area contributed by atoms with Crippen LogP contribution < -0.4 is 10.4 Å². The molecule has 0 unspecified atom stereocenters. The SMILES string of the molecule is C[SiH-]1(C)c2ccccc2-c2c1ccc(-c1ccccc1)c2-c1nc(-c2ccccc2)nc(-c2cccc3oc4cccc(-c5ccccc5)c4c23)n1. The summed E-state index contributed by atoms with van der Waals surface area (Å²) in [7, 11) is -2.37. The van der Waals surface area contributed by atoms with Gasteiger partial charge in [-0.25, -0.2) is 0 Å². The minimum absolute atomic E-state index is 0.613. The van der Waals surface area contributed by atoms with Crippen LogP contribution in [0.15, 0.2) is 168 Å². The standard InChI is InChI=1S/C47H34N3OSi/c1-52(2)39-27-13-12-22-35(39)43-40(52)29-28-34(31-18-8-4-9-19-31)44(43)47-49-45(32-20-10-5-11-21-32)48-46(50-47)36-24-15-26-38-42(36)41-33(23-14-25-37(41)51-38)30-16-6-3-7-17-30/h3-29,52H,1-2H3/q-1. The zero-order chi connectivity index (χ0) is 34.8.